The van der Waals surface area contributed by atoms with Crippen molar-refractivity contribution in [2.75, 3.05) is 13.7 Å². The highest BCUT2D eigenvalue weighted by Gasteiger charge is 2.22. The summed E-state index contributed by atoms with van der Waals surface area (Å²) in [4.78, 5) is 32.4. The predicted molar refractivity (Wildman–Crippen MR) is 68.9 cm³/mol. The highest BCUT2D eigenvalue weighted by molar-refractivity contribution is 5.98. The van der Waals surface area contributed by atoms with E-state index in [1.807, 2.05) is 0 Å². The van der Waals surface area contributed by atoms with Gasteiger partial charge in [-0.3, -0.25) is 19.7 Å². The molecule has 0 aromatic heterocycles. The van der Waals surface area contributed by atoms with Crippen LogP contribution in [0.15, 0.2) is 18.2 Å². The van der Waals surface area contributed by atoms with Crippen LogP contribution in [0.25, 0.3) is 0 Å². The molecular formula is C12H14N2O6. The first-order valence-electron chi connectivity index (χ1n) is 5.78. The topological polar surface area (TPSA) is 119 Å². The molecule has 0 aliphatic heterocycles. The predicted octanol–water partition coefficient (Wildman–Crippen LogP) is 1.20. The van der Waals surface area contributed by atoms with Gasteiger partial charge in [0.1, 0.15) is 0 Å². The number of hydrogen-bond donors (Lipinski definition) is 2. The van der Waals surface area contributed by atoms with E-state index in [0.717, 1.165) is 0 Å². The SMILES string of the molecule is COc1c(C(=O)NCCCC(=O)O)cccc1[N+](=O)[O-]. The van der Waals surface area contributed by atoms with Gasteiger partial charge in [0.15, 0.2) is 0 Å². The average Bonchev–Trinajstić information content (AvgIpc) is 2.42. The number of methoxy groups -OCH3 is 1. The van der Waals surface area contributed by atoms with Crippen LogP contribution in [-0.2, 0) is 4.79 Å². The number of nitro groups is 1. The summed E-state index contributed by atoms with van der Waals surface area (Å²) in [6, 6.07) is 4.02. The van der Waals surface area contributed by atoms with E-state index in [9.17, 15) is 19.7 Å². The number of carboxylic acid groups (broad SMARTS) is 1. The third kappa shape index (κ3) is 3.94. The second-order valence-electron chi connectivity index (χ2n) is 3.87. The second-order valence-corrected chi connectivity index (χ2v) is 3.87. The van der Waals surface area contributed by atoms with Crippen molar-refractivity contribution in [1.29, 1.82) is 0 Å². The van der Waals surface area contributed by atoms with Gasteiger partial charge in [-0.25, -0.2) is 0 Å². The van der Waals surface area contributed by atoms with Gasteiger partial charge in [0.2, 0.25) is 5.75 Å². The molecular weight excluding hydrogens is 268 g/mol. The van der Waals surface area contributed by atoms with E-state index in [-0.39, 0.29) is 36.4 Å². The van der Waals surface area contributed by atoms with E-state index < -0.39 is 16.8 Å². The summed E-state index contributed by atoms with van der Waals surface area (Å²) >= 11 is 0. The molecule has 8 nitrogen and oxygen atoms in total. The van der Waals surface area contributed by atoms with Crippen LogP contribution in [0, 0.1) is 10.1 Å². The molecule has 0 radical (unpaired) electrons. The molecule has 0 saturated carbocycles. The van der Waals surface area contributed by atoms with Crippen LogP contribution >= 0.6 is 0 Å². The Bertz CT molecular complexity index is 529. The van der Waals surface area contributed by atoms with Crippen LogP contribution in [0.4, 0.5) is 5.69 Å². The maximum atomic E-state index is 11.9. The Kier molecular flexibility index (Phi) is 5.45. The minimum atomic E-state index is -0.952. The molecule has 2 N–H and O–H groups in total. The standard InChI is InChI=1S/C12H14N2O6/c1-20-11-8(4-2-5-9(11)14(18)19)12(17)13-7-3-6-10(15)16/h2,4-5H,3,6-7H2,1H3,(H,13,17)(H,15,16). The number of hydrogen-bond acceptors (Lipinski definition) is 5. The Morgan fingerprint density at radius 1 is 1.45 bits per heavy atom. The first kappa shape index (κ1) is 15.4. The van der Waals surface area contributed by atoms with E-state index in [4.69, 9.17) is 9.84 Å². The molecule has 0 heterocycles. The zero-order valence-electron chi connectivity index (χ0n) is 10.8. The molecule has 0 aliphatic carbocycles. The number of aliphatic carboxylic acids is 1. The van der Waals surface area contributed by atoms with Crippen LogP contribution < -0.4 is 10.1 Å². The van der Waals surface area contributed by atoms with Gasteiger partial charge in [0.25, 0.3) is 5.91 Å². The number of para-hydroxylation sites is 1. The molecule has 0 spiro atoms. The molecule has 1 amide bonds. The molecule has 1 rings (SSSR count). The summed E-state index contributed by atoms with van der Waals surface area (Å²) in [6.45, 7) is 0.164. The number of nitrogens with one attached hydrogen (secondary N) is 1. The van der Waals surface area contributed by atoms with Crippen LogP contribution in [0.5, 0.6) is 5.75 Å². The van der Waals surface area contributed by atoms with Crippen LogP contribution in [0.3, 0.4) is 0 Å². The molecule has 1 aromatic rings. The third-order valence-electron chi connectivity index (χ3n) is 2.49. The van der Waals surface area contributed by atoms with Gasteiger partial charge in [-0.2, -0.15) is 0 Å². The zero-order valence-corrected chi connectivity index (χ0v) is 10.8. The number of nitro benzene ring substituents is 1. The van der Waals surface area contributed by atoms with E-state index >= 15 is 0 Å². The Morgan fingerprint density at radius 3 is 2.70 bits per heavy atom. The molecule has 8 heteroatoms. The summed E-state index contributed by atoms with van der Waals surface area (Å²) in [5.74, 6) is -1.61. The highest BCUT2D eigenvalue weighted by atomic mass is 16.6. The van der Waals surface area contributed by atoms with Crippen LogP contribution in [0.2, 0.25) is 0 Å². The van der Waals surface area contributed by atoms with E-state index in [1.165, 1.54) is 25.3 Å². The molecule has 20 heavy (non-hydrogen) atoms. The monoisotopic (exact) mass is 282 g/mol. The lowest BCUT2D eigenvalue weighted by Gasteiger charge is -2.09. The van der Waals surface area contributed by atoms with Crippen molar-refractivity contribution < 1.29 is 24.4 Å². The number of benzene rings is 1. The summed E-state index contributed by atoms with van der Waals surface area (Å²) in [5.41, 5.74) is -0.261. The van der Waals surface area contributed by atoms with Gasteiger partial charge >= 0.3 is 11.7 Å². The van der Waals surface area contributed by atoms with E-state index in [2.05, 4.69) is 5.32 Å². The number of carbonyl (C=O) groups is 2. The van der Waals surface area contributed by atoms with Gasteiger partial charge in [-0.15, -0.1) is 0 Å². The largest absolute Gasteiger partial charge is 0.490 e. The average molecular weight is 282 g/mol. The second kappa shape index (κ2) is 7.07. The Hall–Kier alpha value is -2.64. The van der Waals surface area contributed by atoms with Crippen LogP contribution in [-0.4, -0.2) is 35.6 Å². The maximum absolute atomic E-state index is 11.9. The number of amides is 1. The van der Waals surface area contributed by atoms with Crippen LogP contribution in [0.1, 0.15) is 23.2 Å². The number of nitrogens with zero attached hydrogens (tertiary/aromatic N) is 1. The first-order chi connectivity index (χ1) is 9.47. The minimum Gasteiger partial charge on any atom is -0.490 e. The molecule has 1 aromatic carbocycles. The van der Waals surface area contributed by atoms with Crippen molar-refractivity contribution in [3.63, 3.8) is 0 Å². The summed E-state index contributed by atoms with van der Waals surface area (Å²) in [6.07, 6.45) is 0.213. The summed E-state index contributed by atoms with van der Waals surface area (Å²) in [7, 11) is 1.24. The molecule has 0 saturated heterocycles. The fraction of sp³-hybridized carbons (Fsp3) is 0.333. The van der Waals surface area contributed by atoms with Crippen molar-refractivity contribution in [1.82, 2.24) is 5.32 Å². The smallest absolute Gasteiger partial charge is 0.311 e. The number of carboxylic acids is 1. The number of rotatable bonds is 7. The van der Waals surface area contributed by atoms with Gasteiger partial charge in [-0.05, 0) is 12.5 Å². The number of ether oxygens (including phenoxy) is 1. The van der Waals surface area contributed by atoms with E-state index in [1.54, 1.807) is 0 Å². The third-order valence-corrected chi connectivity index (χ3v) is 2.49. The Morgan fingerprint density at radius 2 is 2.15 bits per heavy atom. The van der Waals surface area contributed by atoms with Crippen molar-refractivity contribution in [2.45, 2.75) is 12.8 Å². The lowest BCUT2D eigenvalue weighted by Crippen LogP contribution is -2.25. The lowest BCUT2D eigenvalue weighted by atomic mass is 10.1. The molecule has 0 unspecified atom stereocenters. The molecule has 0 bridgehead atoms. The van der Waals surface area contributed by atoms with E-state index in [0.29, 0.717) is 0 Å². The molecule has 0 aliphatic rings. The van der Waals surface area contributed by atoms with Gasteiger partial charge < -0.3 is 15.2 Å². The molecule has 108 valence electrons. The Balaban J connectivity index is 2.80. The lowest BCUT2D eigenvalue weighted by molar-refractivity contribution is -0.385. The zero-order chi connectivity index (χ0) is 15.1. The first-order valence-corrected chi connectivity index (χ1v) is 5.78. The van der Waals surface area contributed by atoms with Crippen molar-refractivity contribution >= 4 is 17.6 Å². The number of carbonyl (C=O) groups excluding carboxylic acids is 1. The quantitative estimate of drug-likeness (QED) is 0.440. The normalized spacial score (nSPS) is 9.85. The highest BCUT2D eigenvalue weighted by Crippen LogP contribution is 2.30. The van der Waals surface area contributed by atoms with Crippen molar-refractivity contribution in [3.05, 3.63) is 33.9 Å². The minimum absolute atomic E-state index is 0.0389. The van der Waals surface area contributed by atoms with Crippen molar-refractivity contribution in [2.24, 2.45) is 0 Å². The van der Waals surface area contributed by atoms with Gasteiger partial charge in [-0.1, -0.05) is 6.07 Å². The Labute approximate surface area is 114 Å². The summed E-state index contributed by atoms with van der Waals surface area (Å²) in [5, 5.41) is 21.8. The fourth-order valence-electron chi connectivity index (χ4n) is 1.60. The molecule has 0 fully saturated rings. The fourth-order valence-corrected chi connectivity index (χ4v) is 1.60. The van der Waals surface area contributed by atoms with Crippen molar-refractivity contribution in [3.8, 4) is 5.75 Å². The maximum Gasteiger partial charge on any atom is 0.311 e. The van der Waals surface area contributed by atoms with Gasteiger partial charge in [0, 0.05) is 19.0 Å². The van der Waals surface area contributed by atoms with Gasteiger partial charge in [0.05, 0.1) is 17.6 Å². The summed E-state index contributed by atoms with van der Waals surface area (Å²) < 4.78 is 4.91. The molecule has 0 atom stereocenters.